The molecular weight excluding hydrogens is 184 g/mol. The highest BCUT2D eigenvalue weighted by molar-refractivity contribution is 5.20. The van der Waals surface area contributed by atoms with E-state index in [1.807, 2.05) is 0 Å². The van der Waals surface area contributed by atoms with Crippen LogP contribution < -0.4 is 0 Å². The van der Waals surface area contributed by atoms with Crippen molar-refractivity contribution in [2.45, 2.75) is 39.7 Å². The quantitative estimate of drug-likeness (QED) is 0.711. The Morgan fingerprint density at radius 2 is 1.60 bits per heavy atom. The zero-order valence-corrected chi connectivity index (χ0v) is 10.2. The molecule has 1 unspecified atom stereocenters. The fourth-order valence-electron chi connectivity index (χ4n) is 1.67. The van der Waals surface area contributed by atoms with Crippen LogP contribution in [0.4, 0.5) is 0 Å². The lowest BCUT2D eigenvalue weighted by Gasteiger charge is -2.22. The van der Waals surface area contributed by atoms with Crippen molar-refractivity contribution in [1.29, 1.82) is 0 Å². The molecule has 0 aliphatic heterocycles. The fraction of sp³-hybridized carbons (Fsp3) is 0.571. The molecule has 0 aliphatic rings. The summed E-state index contributed by atoms with van der Waals surface area (Å²) in [7, 11) is 0. The van der Waals surface area contributed by atoms with Gasteiger partial charge in [-0.3, -0.25) is 0 Å². The molecule has 0 saturated heterocycles. The van der Waals surface area contributed by atoms with E-state index in [1.165, 1.54) is 5.56 Å². The molecule has 0 spiro atoms. The molecule has 1 aromatic carbocycles. The van der Waals surface area contributed by atoms with Crippen LogP contribution in [0.1, 0.15) is 39.2 Å². The van der Waals surface area contributed by atoms with Crippen molar-refractivity contribution in [3.8, 4) is 0 Å². The van der Waals surface area contributed by atoms with Crippen LogP contribution in [0.2, 0.25) is 0 Å². The molecule has 0 N–H and O–H groups in total. The molecule has 0 radical (unpaired) electrons. The topological polar surface area (TPSA) is 9.23 Å². The van der Waals surface area contributed by atoms with Crippen LogP contribution in [-0.2, 0) is 4.74 Å². The van der Waals surface area contributed by atoms with Crippen LogP contribution in [0.3, 0.4) is 0 Å². The second-order valence-corrected chi connectivity index (χ2v) is 4.64. The first-order chi connectivity index (χ1) is 7.11. The van der Waals surface area contributed by atoms with Crippen LogP contribution in [0.5, 0.6) is 0 Å². The number of benzene rings is 1. The molecule has 0 saturated carbocycles. The Labute approximate surface area is 93.5 Å². The van der Waals surface area contributed by atoms with E-state index in [0.717, 1.165) is 6.61 Å². The zero-order chi connectivity index (χ0) is 11.3. The third-order valence-electron chi connectivity index (χ3n) is 2.64. The summed E-state index contributed by atoms with van der Waals surface area (Å²) in [6.45, 7) is 9.49. The van der Waals surface area contributed by atoms with E-state index in [1.54, 1.807) is 0 Å². The van der Waals surface area contributed by atoms with Gasteiger partial charge in [-0.2, -0.15) is 0 Å². The average Bonchev–Trinajstić information content (AvgIpc) is 2.18. The molecule has 84 valence electrons. The summed E-state index contributed by atoms with van der Waals surface area (Å²) in [5, 5.41) is 0. The third kappa shape index (κ3) is 4.05. The molecule has 1 rings (SSSR count). The van der Waals surface area contributed by atoms with Gasteiger partial charge in [0.1, 0.15) is 0 Å². The minimum Gasteiger partial charge on any atom is -0.378 e. The monoisotopic (exact) mass is 206 g/mol. The molecule has 1 heteroatoms. The Morgan fingerprint density at radius 1 is 1.00 bits per heavy atom. The lowest BCUT2D eigenvalue weighted by molar-refractivity contribution is 0.0590. The van der Waals surface area contributed by atoms with E-state index in [2.05, 4.69) is 58.0 Å². The largest absolute Gasteiger partial charge is 0.378 e. The molecule has 1 aromatic rings. The number of hydrogen-bond acceptors (Lipinski definition) is 1. The predicted molar refractivity (Wildman–Crippen MR) is 65.1 cm³/mol. The van der Waals surface area contributed by atoms with E-state index in [0.29, 0.717) is 17.9 Å². The van der Waals surface area contributed by atoms with Gasteiger partial charge in [-0.15, -0.1) is 0 Å². The van der Waals surface area contributed by atoms with Crippen molar-refractivity contribution in [2.75, 3.05) is 6.61 Å². The second kappa shape index (κ2) is 5.92. The Balaban J connectivity index is 2.66. The number of ether oxygens (including phenoxy) is 1. The molecule has 1 atom stereocenters. The summed E-state index contributed by atoms with van der Waals surface area (Å²) < 4.78 is 5.72. The van der Waals surface area contributed by atoms with Gasteiger partial charge in [0.05, 0.1) is 12.7 Å². The van der Waals surface area contributed by atoms with Crippen molar-refractivity contribution in [3.63, 3.8) is 0 Å². The van der Waals surface area contributed by atoms with Gasteiger partial charge in [-0.1, -0.05) is 44.2 Å². The first-order valence-corrected chi connectivity index (χ1v) is 5.77. The van der Waals surface area contributed by atoms with Crippen molar-refractivity contribution in [1.82, 2.24) is 0 Å². The highest BCUT2D eigenvalue weighted by Crippen LogP contribution is 2.24. The Morgan fingerprint density at radius 3 is 2.07 bits per heavy atom. The molecule has 15 heavy (non-hydrogen) atoms. The summed E-state index contributed by atoms with van der Waals surface area (Å²) in [4.78, 5) is 0. The lowest BCUT2D eigenvalue weighted by Crippen LogP contribution is -2.16. The summed E-state index contributed by atoms with van der Waals surface area (Å²) in [6, 6.07) is 10.6. The summed E-state index contributed by atoms with van der Waals surface area (Å²) in [5.41, 5.74) is 1.38. The number of rotatable bonds is 5. The molecular formula is C14H22O. The van der Waals surface area contributed by atoms with Crippen molar-refractivity contribution < 1.29 is 4.74 Å². The molecule has 0 bridgehead atoms. The standard InChI is InChI=1S/C14H22O/c1-11(2)14(10-15-12(3)4)13-8-6-5-7-9-13/h5-9,11-12,14H,10H2,1-4H3. The number of hydrogen-bond donors (Lipinski definition) is 0. The minimum atomic E-state index is 0.315. The minimum absolute atomic E-state index is 0.315. The van der Waals surface area contributed by atoms with Gasteiger partial charge in [0.2, 0.25) is 0 Å². The van der Waals surface area contributed by atoms with Gasteiger partial charge in [0, 0.05) is 5.92 Å². The lowest BCUT2D eigenvalue weighted by atomic mass is 9.89. The van der Waals surface area contributed by atoms with E-state index >= 15 is 0 Å². The Bertz CT molecular complexity index is 264. The molecule has 0 aromatic heterocycles. The van der Waals surface area contributed by atoms with Crippen LogP contribution in [-0.4, -0.2) is 12.7 Å². The van der Waals surface area contributed by atoms with Crippen LogP contribution in [0.15, 0.2) is 30.3 Å². The SMILES string of the molecule is CC(C)OCC(c1ccccc1)C(C)C. The Hall–Kier alpha value is -0.820. The fourth-order valence-corrected chi connectivity index (χ4v) is 1.67. The van der Waals surface area contributed by atoms with Gasteiger partial charge < -0.3 is 4.74 Å². The normalized spacial score (nSPS) is 13.5. The highest BCUT2D eigenvalue weighted by atomic mass is 16.5. The van der Waals surface area contributed by atoms with Crippen LogP contribution in [0.25, 0.3) is 0 Å². The van der Waals surface area contributed by atoms with Crippen molar-refractivity contribution in [3.05, 3.63) is 35.9 Å². The van der Waals surface area contributed by atoms with E-state index in [-0.39, 0.29) is 0 Å². The molecule has 0 aliphatic carbocycles. The van der Waals surface area contributed by atoms with E-state index < -0.39 is 0 Å². The second-order valence-electron chi connectivity index (χ2n) is 4.64. The van der Waals surface area contributed by atoms with E-state index in [9.17, 15) is 0 Å². The molecule has 0 amide bonds. The van der Waals surface area contributed by atoms with E-state index in [4.69, 9.17) is 4.74 Å². The third-order valence-corrected chi connectivity index (χ3v) is 2.64. The maximum Gasteiger partial charge on any atom is 0.0540 e. The first-order valence-electron chi connectivity index (χ1n) is 5.77. The predicted octanol–water partition coefficient (Wildman–Crippen LogP) is 3.85. The molecule has 0 heterocycles. The zero-order valence-electron chi connectivity index (χ0n) is 10.2. The van der Waals surface area contributed by atoms with Gasteiger partial charge in [-0.25, -0.2) is 0 Å². The van der Waals surface area contributed by atoms with Gasteiger partial charge in [0.25, 0.3) is 0 Å². The highest BCUT2D eigenvalue weighted by Gasteiger charge is 2.16. The van der Waals surface area contributed by atoms with Gasteiger partial charge >= 0.3 is 0 Å². The smallest absolute Gasteiger partial charge is 0.0540 e. The van der Waals surface area contributed by atoms with Crippen LogP contribution in [0, 0.1) is 5.92 Å². The van der Waals surface area contributed by atoms with Crippen molar-refractivity contribution in [2.24, 2.45) is 5.92 Å². The first kappa shape index (κ1) is 12.3. The van der Waals surface area contributed by atoms with Gasteiger partial charge in [-0.05, 0) is 25.3 Å². The molecule has 0 fully saturated rings. The average molecular weight is 206 g/mol. The maximum absolute atomic E-state index is 5.72. The summed E-state index contributed by atoms with van der Waals surface area (Å²) in [6.07, 6.45) is 0.315. The Kier molecular flexibility index (Phi) is 4.83. The van der Waals surface area contributed by atoms with Crippen LogP contribution >= 0.6 is 0 Å². The maximum atomic E-state index is 5.72. The van der Waals surface area contributed by atoms with Crippen molar-refractivity contribution >= 4 is 0 Å². The molecule has 1 nitrogen and oxygen atoms in total. The summed E-state index contributed by atoms with van der Waals surface area (Å²) >= 11 is 0. The van der Waals surface area contributed by atoms with Gasteiger partial charge in [0.15, 0.2) is 0 Å². The summed E-state index contributed by atoms with van der Waals surface area (Å²) in [5.74, 6) is 1.12.